The number of sulfone groups is 1. The Morgan fingerprint density at radius 2 is 1.14 bits per heavy atom. The van der Waals surface area contributed by atoms with Gasteiger partial charge in [0.2, 0.25) is 0 Å². The molecule has 3 nitrogen and oxygen atoms in total. The van der Waals surface area contributed by atoms with Gasteiger partial charge in [-0.15, -0.1) is 0 Å². The summed E-state index contributed by atoms with van der Waals surface area (Å²) in [6.45, 7) is 0. The lowest BCUT2D eigenvalue weighted by molar-refractivity contribution is 0.399. The summed E-state index contributed by atoms with van der Waals surface area (Å²) < 4.78 is 19.3. The zero-order chi connectivity index (χ0) is 6.50. The first-order chi connectivity index (χ1) is 3.00. The second kappa shape index (κ2) is 4.08. The molecule has 0 amide bonds. The molecule has 0 heterocycles. The number of hydrogen-bond donors (Lipinski definition) is 1. The van der Waals surface area contributed by atoms with Crippen LogP contribution >= 0.6 is 0 Å². The molecular weight excluding hydrogens is 116 g/mol. The molecule has 0 aliphatic rings. The molecule has 1 N–H and O–H groups in total. The van der Waals surface area contributed by atoms with Crippen LogP contribution in [0.2, 0.25) is 0 Å². The first-order valence-corrected chi connectivity index (χ1v) is 3.90. The smallest absolute Gasteiger partial charge is 0.144 e. The summed E-state index contributed by atoms with van der Waals surface area (Å²) in [4.78, 5) is 0. The van der Waals surface area contributed by atoms with E-state index < -0.39 is 9.84 Å². The number of hydrogen-bond acceptors (Lipinski definition) is 3. The zero-order valence-corrected chi connectivity index (χ0v) is 5.49. The van der Waals surface area contributed by atoms with Gasteiger partial charge in [-0.05, 0) is 0 Å². The van der Waals surface area contributed by atoms with Crippen molar-refractivity contribution in [3.63, 3.8) is 0 Å². The molecule has 7 heavy (non-hydrogen) atoms. The lowest BCUT2D eigenvalue weighted by Crippen LogP contribution is -1.86. The van der Waals surface area contributed by atoms with Crippen LogP contribution in [0.3, 0.4) is 0 Å². The van der Waals surface area contributed by atoms with E-state index >= 15 is 0 Å². The second-order valence-corrected chi connectivity index (χ2v) is 3.43. The molecule has 0 fully saturated rings. The van der Waals surface area contributed by atoms with Gasteiger partial charge in [-0.25, -0.2) is 8.42 Å². The van der Waals surface area contributed by atoms with Crippen LogP contribution in [0.15, 0.2) is 0 Å². The Hall–Kier alpha value is -0.0900. The van der Waals surface area contributed by atoms with Gasteiger partial charge < -0.3 is 5.11 Å². The maximum absolute atomic E-state index is 9.63. The lowest BCUT2D eigenvalue weighted by Gasteiger charge is -1.69. The van der Waals surface area contributed by atoms with Gasteiger partial charge in [-0.1, -0.05) is 0 Å². The third-order valence-electron chi connectivity index (χ3n) is 0. The Labute approximate surface area is 43.9 Å². The predicted molar refractivity (Wildman–Crippen MR) is 28.9 cm³/mol. The minimum absolute atomic E-state index is 1.00. The van der Waals surface area contributed by atoms with Crippen LogP contribution in [0.5, 0.6) is 0 Å². The van der Waals surface area contributed by atoms with E-state index in [-0.39, 0.29) is 0 Å². The van der Waals surface area contributed by atoms with E-state index in [4.69, 9.17) is 5.11 Å². The van der Waals surface area contributed by atoms with Crippen molar-refractivity contribution in [1.29, 1.82) is 0 Å². The fraction of sp³-hybridized carbons (Fsp3) is 1.00. The van der Waals surface area contributed by atoms with Crippen molar-refractivity contribution < 1.29 is 13.5 Å². The van der Waals surface area contributed by atoms with Crippen LogP contribution in [0.4, 0.5) is 0 Å². The molecule has 0 saturated heterocycles. The summed E-state index contributed by atoms with van der Waals surface area (Å²) in [5.74, 6) is 0. The van der Waals surface area contributed by atoms with Crippen molar-refractivity contribution in [3.8, 4) is 0 Å². The van der Waals surface area contributed by atoms with Crippen molar-refractivity contribution in [2.45, 2.75) is 0 Å². The largest absolute Gasteiger partial charge is 0.400 e. The first kappa shape index (κ1) is 10.0. The molecule has 0 aromatic carbocycles. The Morgan fingerprint density at radius 3 is 1.14 bits per heavy atom. The molecule has 0 aliphatic heterocycles. The number of aliphatic hydroxyl groups excluding tert-OH is 1. The summed E-state index contributed by atoms with van der Waals surface area (Å²) in [6.07, 6.45) is 2.32. The molecule has 0 saturated carbocycles. The molecule has 4 heteroatoms. The van der Waals surface area contributed by atoms with Crippen LogP contribution in [0.25, 0.3) is 0 Å². The van der Waals surface area contributed by atoms with Gasteiger partial charge in [0, 0.05) is 19.6 Å². The van der Waals surface area contributed by atoms with Gasteiger partial charge in [0.05, 0.1) is 0 Å². The molecule has 0 bridgehead atoms. The molecule has 46 valence electrons. The molecule has 0 aromatic rings. The van der Waals surface area contributed by atoms with Gasteiger partial charge in [-0.2, -0.15) is 0 Å². The topological polar surface area (TPSA) is 54.4 Å². The third kappa shape index (κ3) is 11200. The van der Waals surface area contributed by atoms with Crippen LogP contribution in [0.1, 0.15) is 0 Å². The molecule has 0 radical (unpaired) electrons. The summed E-state index contributed by atoms with van der Waals surface area (Å²) in [6, 6.07) is 0. The normalized spacial score (nSPS) is 9.14. The highest BCUT2D eigenvalue weighted by molar-refractivity contribution is 7.89. The van der Waals surface area contributed by atoms with Crippen molar-refractivity contribution in [3.05, 3.63) is 0 Å². The van der Waals surface area contributed by atoms with Crippen LogP contribution in [-0.2, 0) is 9.84 Å². The number of aliphatic hydroxyl groups is 1. The Kier molecular flexibility index (Phi) is 5.83. The second-order valence-electron chi connectivity index (χ2n) is 1.14. The average Bonchev–Trinajstić information content (AvgIpc) is 1.36. The van der Waals surface area contributed by atoms with Crippen LogP contribution < -0.4 is 0 Å². The molecule has 0 rings (SSSR count). The fourth-order valence-corrected chi connectivity index (χ4v) is 0. The molecule has 0 unspecified atom stereocenters. The van der Waals surface area contributed by atoms with Crippen molar-refractivity contribution in [1.82, 2.24) is 0 Å². The summed E-state index contributed by atoms with van der Waals surface area (Å²) in [5.41, 5.74) is 0. The highest BCUT2D eigenvalue weighted by Gasteiger charge is 1.79. The minimum Gasteiger partial charge on any atom is -0.400 e. The SMILES string of the molecule is CO.CS(C)(=O)=O. The van der Waals surface area contributed by atoms with Crippen LogP contribution in [-0.4, -0.2) is 33.1 Å². The standard InChI is InChI=1S/C2H6O2S.CH4O/c1-5(2,3)4;1-2/h1-2H3;2H,1H3. The van der Waals surface area contributed by atoms with E-state index in [0.717, 1.165) is 19.6 Å². The monoisotopic (exact) mass is 126 g/mol. The molecule has 0 spiro atoms. The van der Waals surface area contributed by atoms with E-state index in [1.165, 1.54) is 0 Å². The van der Waals surface area contributed by atoms with Gasteiger partial charge >= 0.3 is 0 Å². The van der Waals surface area contributed by atoms with E-state index in [1.807, 2.05) is 0 Å². The first-order valence-electron chi connectivity index (χ1n) is 1.60. The summed E-state index contributed by atoms with van der Waals surface area (Å²) in [5, 5.41) is 7.00. The Bertz CT molecular complexity index is 93.3. The molecule has 0 atom stereocenters. The van der Waals surface area contributed by atoms with Gasteiger partial charge in [-0.3, -0.25) is 0 Å². The van der Waals surface area contributed by atoms with E-state index in [9.17, 15) is 8.42 Å². The molecular formula is C3H10O3S. The maximum Gasteiger partial charge on any atom is 0.144 e. The Morgan fingerprint density at radius 1 is 1.14 bits per heavy atom. The van der Waals surface area contributed by atoms with E-state index in [0.29, 0.717) is 0 Å². The molecule has 0 aliphatic carbocycles. The van der Waals surface area contributed by atoms with E-state index in [2.05, 4.69) is 0 Å². The maximum atomic E-state index is 9.63. The van der Waals surface area contributed by atoms with E-state index in [1.54, 1.807) is 0 Å². The van der Waals surface area contributed by atoms with Gasteiger partial charge in [0.25, 0.3) is 0 Å². The van der Waals surface area contributed by atoms with Gasteiger partial charge in [0.15, 0.2) is 0 Å². The minimum atomic E-state index is -2.67. The van der Waals surface area contributed by atoms with Crippen molar-refractivity contribution in [2.75, 3.05) is 19.6 Å². The summed E-state index contributed by atoms with van der Waals surface area (Å²) >= 11 is 0. The highest BCUT2D eigenvalue weighted by atomic mass is 32.2. The number of rotatable bonds is 0. The van der Waals surface area contributed by atoms with Crippen molar-refractivity contribution in [2.24, 2.45) is 0 Å². The third-order valence-corrected chi connectivity index (χ3v) is 0. The Balaban J connectivity index is 0. The van der Waals surface area contributed by atoms with Gasteiger partial charge in [0.1, 0.15) is 9.84 Å². The van der Waals surface area contributed by atoms with Crippen LogP contribution in [0, 0.1) is 0 Å². The lowest BCUT2D eigenvalue weighted by atomic mass is 11.8. The zero-order valence-electron chi connectivity index (χ0n) is 4.67. The van der Waals surface area contributed by atoms with Crippen molar-refractivity contribution >= 4 is 9.84 Å². The quantitative estimate of drug-likeness (QED) is 0.465. The predicted octanol–water partition coefficient (Wildman–Crippen LogP) is -0.731. The average molecular weight is 126 g/mol. The highest BCUT2D eigenvalue weighted by Crippen LogP contribution is 1.61. The summed E-state index contributed by atoms with van der Waals surface area (Å²) in [7, 11) is -1.67. The fourth-order valence-electron chi connectivity index (χ4n) is 0. The molecule has 0 aromatic heterocycles.